The number of Topliss-reactive ketones (excluding diaryl/α,β-unsaturated/α-hetero) is 1. The molecule has 17 heavy (non-hydrogen) atoms. The van der Waals surface area contributed by atoms with Gasteiger partial charge in [-0.15, -0.1) is 0 Å². The molecule has 1 saturated carbocycles. The van der Waals surface area contributed by atoms with E-state index in [0.717, 1.165) is 17.9 Å². The molecule has 1 aliphatic carbocycles. The minimum atomic E-state index is 0.0798. The summed E-state index contributed by atoms with van der Waals surface area (Å²) in [6, 6.07) is 4.20. The predicted octanol–water partition coefficient (Wildman–Crippen LogP) is 1.90. The van der Waals surface area contributed by atoms with Crippen LogP contribution in [0.2, 0.25) is 0 Å². The van der Waals surface area contributed by atoms with Crippen LogP contribution in [0, 0.1) is 0 Å². The van der Waals surface area contributed by atoms with Crippen molar-refractivity contribution in [2.75, 3.05) is 25.2 Å². The molecule has 1 aliphatic rings. The zero-order valence-electron chi connectivity index (χ0n) is 10.3. The number of hydrogen-bond donors (Lipinski definition) is 0. The van der Waals surface area contributed by atoms with Crippen molar-refractivity contribution in [2.45, 2.75) is 25.8 Å². The lowest BCUT2D eigenvalue weighted by Gasteiger charge is -2.23. The Morgan fingerprint density at radius 3 is 2.94 bits per heavy atom. The highest BCUT2D eigenvalue weighted by Crippen LogP contribution is 2.30. The number of hydrogen-bond acceptors (Lipinski definition) is 4. The normalized spacial score (nSPS) is 14.7. The molecule has 1 heterocycles. The van der Waals surface area contributed by atoms with Crippen molar-refractivity contribution in [3.8, 4) is 0 Å². The van der Waals surface area contributed by atoms with Crippen molar-refractivity contribution in [3.05, 3.63) is 23.9 Å². The van der Waals surface area contributed by atoms with Gasteiger partial charge >= 0.3 is 0 Å². The van der Waals surface area contributed by atoms with Crippen molar-refractivity contribution >= 4 is 11.6 Å². The molecule has 0 amide bonds. The number of carbonyl (C=O) groups excluding carboxylic acids is 1. The summed E-state index contributed by atoms with van der Waals surface area (Å²) in [7, 11) is 1.70. The lowest BCUT2D eigenvalue weighted by atomic mass is 10.2. The second-order valence-corrected chi connectivity index (χ2v) is 4.38. The zero-order chi connectivity index (χ0) is 12.3. The Hall–Kier alpha value is -1.42. The monoisotopic (exact) mass is 234 g/mol. The Morgan fingerprint density at radius 1 is 1.59 bits per heavy atom. The van der Waals surface area contributed by atoms with E-state index in [9.17, 15) is 4.79 Å². The molecule has 0 aromatic carbocycles. The molecule has 1 fully saturated rings. The van der Waals surface area contributed by atoms with Crippen molar-refractivity contribution in [2.24, 2.45) is 0 Å². The molecule has 0 aliphatic heterocycles. The summed E-state index contributed by atoms with van der Waals surface area (Å²) >= 11 is 0. The first-order valence-corrected chi connectivity index (χ1v) is 5.95. The molecule has 0 N–H and O–H groups in total. The Bertz CT molecular complexity index is 402. The van der Waals surface area contributed by atoms with Crippen LogP contribution in [0.15, 0.2) is 18.3 Å². The van der Waals surface area contributed by atoms with Crippen LogP contribution in [-0.4, -0.2) is 37.1 Å². The molecule has 2 rings (SSSR count). The average molecular weight is 234 g/mol. The van der Waals surface area contributed by atoms with Gasteiger partial charge in [-0.25, -0.2) is 4.98 Å². The largest absolute Gasteiger partial charge is 0.383 e. The minimum absolute atomic E-state index is 0.0798. The number of rotatable bonds is 6. The van der Waals surface area contributed by atoms with E-state index in [1.54, 1.807) is 26.3 Å². The topological polar surface area (TPSA) is 42.4 Å². The molecule has 4 nitrogen and oxygen atoms in total. The Kier molecular flexibility index (Phi) is 3.74. The van der Waals surface area contributed by atoms with Gasteiger partial charge in [0.25, 0.3) is 0 Å². The second-order valence-electron chi connectivity index (χ2n) is 4.38. The summed E-state index contributed by atoms with van der Waals surface area (Å²) in [6.07, 6.45) is 4.11. The molecule has 0 spiro atoms. The number of ether oxygens (including phenoxy) is 1. The van der Waals surface area contributed by atoms with Crippen LogP contribution in [-0.2, 0) is 4.74 Å². The summed E-state index contributed by atoms with van der Waals surface area (Å²) in [4.78, 5) is 17.9. The van der Waals surface area contributed by atoms with E-state index in [1.165, 1.54) is 12.8 Å². The zero-order valence-corrected chi connectivity index (χ0v) is 10.3. The van der Waals surface area contributed by atoms with Gasteiger partial charge in [0.1, 0.15) is 5.82 Å². The van der Waals surface area contributed by atoms with Gasteiger partial charge < -0.3 is 9.64 Å². The third-order valence-corrected chi connectivity index (χ3v) is 2.97. The Morgan fingerprint density at radius 2 is 2.35 bits per heavy atom. The van der Waals surface area contributed by atoms with Gasteiger partial charge in [-0.2, -0.15) is 0 Å². The molecular formula is C13H18N2O2. The number of nitrogens with zero attached hydrogens (tertiary/aromatic N) is 2. The summed E-state index contributed by atoms with van der Waals surface area (Å²) in [5, 5.41) is 0. The van der Waals surface area contributed by atoms with Crippen LogP contribution in [0.25, 0.3) is 0 Å². The SMILES string of the molecule is COCCN(c1cc(C(C)=O)ccn1)C1CC1. The van der Waals surface area contributed by atoms with Gasteiger partial charge in [0, 0.05) is 31.5 Å². The van der Waals surface area contributed by atoms with Crippen LogP contribution in [0.5, 0.6) is 0 Å². The lowest BCUT2D eigenvalue weighted by molar-refractivity contribution is 0.101. The summed E-state index contributed by atoms with van der Waals surface area (Å²) in [6.45, 7) is 3.09. The summed E-state index contributed by atoms with van der Waals surface area (Å²) in [5.74, 6) is 0.966. The molecule has 1 aromatic rings. The number of carbonyl (C=O) groups is 1. The number of anilines is 1. The number of aromatic nitrogens is 1. The van der Waals surface area contributed by atoms with Crippen molar-refractivity contribution < 1.29 is 9.53 Å². The van der Waals surface area contributed by atoms with Gasteiger partial charge in [0.15, 0.2) is 5.78 Å². The average Bonchev–Trinajstić information content (AvgIpc) is 3.14. The highest BCUT2D eigenvalue weighted by Gasteiger charge is 2.29. The Labute approximate surface area is 102 Å². The number of pyridine rings is 1. The van der Waals surface area contributed by atoms with E-state index in [2.05, 4.69) is 9.88 Å². The third-order valence-electron chi connectivity index (χ3n) is 2.97. The molecule has 0 unspecified atom stereocenters. The molecule has 0 radical (unpaired) electrons. The summed E-state index contributed by atoms with van der Waals surface area (Å²) < 4.78 is 5.11. The number of ketones is 1. The maximum absolute atomic E-state index is 11.3. The smallest absolute Gasteiger partial charge is 0.159 e. The van der Waals surface area contributed by atoms with Crippen molar-refractivity contribution in [1.29, 1.82) is 0 Å². The molecule has 1 aromatic heterocycles. The van der Waals surface area contributed by atoms with Crippen LogP contribution in [0.1, 0.15) is 30.1 Å². The van der Waals surface area contributed by atoms with E-state index >= 15 is 0 Å². The second kappa shape index (κ2) is 5.27. The number of methoxy groups -OCH3 is 1. The standard InChI is InChI=1S/C13H18N2O2/c1-10(16)11-5-6-14-13(9-11)15(7-8-17-2)12-3-4-12/h5-6,9,12H,3-4,7-8H2,1-2H3. The first kappa shape index (κ1) is 12.0. The fourth-order valence-electron chi connectivity index (χ4n) is 1.85. The van der Waals surface area contributed by atoms with Crippen LogP contribution < -0.4 is 4.90 Å². The van der Waals surface area contributed by atoms with Crippen molar-refractivity contribution in [3.63, 3.8) is 0 Å². The van der Waals surface area contributed by atoms with Crippen molar-refractivity contribution in [1.82, 2.24) is 4.98 Å². The van der Waals surface area contributed by atoms with Gasteiger partial charge in [-0.3, -0.25) is 4.79 Å². The fourth-order valence-corrected chi connectivity index (χ4v) is 1.85. The predicted molar refractivity (Wildman–Crippen MR) is 66.5 cm³/mol. The minimum Gasteiger partial charge on any atom is -0.383 e. The highest BCUT2D eigenvalue weighted by molar-refractivity contribution is 5.94. The van der Waals surface area contributed by atoms with E-state index < -0.39 is 0 Å². The molecule has 92 valence electrons. The fraction of sp³-hybridized carbons (Fsp3) is 0.538. The Balaban J connectivity index is 2.16. The van der Waals surface area contributed by atoms with E-state index in [4.69, 9.17) is 4.74 Å². The maximum atomic E-state index is 11.3. The maximum Gasteiger partial charge on any atom is 0.159 e. The molecular weight excluding hydrogens is 216 g/mol. The van der Waals surface area contributed by atoms with Gasteiger partial charge in [-0.1, -0.05) is 0 Å². The van der Waals surface area contributed by atoms with Gasteiger partial charge in [0.05, 0.1) is 6.61 Å². The third kappa shape index (κ3) is 3.03. The van der Waals surface area contributed by atoms with Crippen LogP contribution in [0.3, 0.4) is 0 Å². The molecule has 0 saturated heterocycles. The molecule has 4 heteroatoms. The van der Waals surface area contributed by atoms with Crippen LogP contribution in [0.4, 0.5) is 5.82 Å². The first-order chi connectivity index (χ1) is 8.22. The quantitative estimate of drug-likeness (QED) is 0.705. The first-order valence-electron chi connectivity index (χ1n) is 5.95. The molecule has 0 bridgehead atoms. The highest BCUT2D eigenvalue weighted by atomic mass is 16.5. The van der Waals surface area contributed by atoms with Crippen LogP contribution >= 0.6 is 0 Å². The van der Waals surface area contributed by atoms with Gasteiger partial charge in [0.2, 0.25) is 0 Å². The van der Waals surface area contributed by atoms with Gasteiger partial charge in [-0.05, 0) is 31.9 Å². The van der Waals surface area contributed by atoms with E-state index in [-0.39, 0.29) is 5.78 Å². The summed E-state index contributed by atoms with van der Waals surface area (Å²) in [5.41, 5.74) is 0.720. The van der Waals surface area contributed by atoms with E-state index in [0.29, 0.717) is 12.6 Å². The molecule has 0 atom stereocenters. The lowest BCUT2D eigenvalue weighted by Crippen LogP contribution is -2.30. The van der Waals surface area contributed by atoms with E-state index in [1.807, 2.05) is 6.07 Å².